The molecule has 4 nitrogen and oxygen atoms in total. The number of rotatable bonds is 0. The fraction of sp³-hybridized carbons (Fsp3) is 0.333. The first-order valence-corrected chi connectivity index (χ1v) is 11.9. The van der Waals surface area contributed by atoms with E-state index in [1.807, 2.05) is 79.8 Å². The summed E-state index contributed by atoms with van der Waals surface area (Å²) in [6.45, 7) is 2.00. The molecule has 0 aliphatic heterocycles. The van der Waals surface area contributed by atoms with Crippen LogP contribution in [0, 0.1) is 24.3 Å². The zero-order chi connectivity index (χ0) is 26.8. The number of aliphatic hydroxyl groups excluding tert-OH is 4. The summed E-state index contributed by atoms with van der Waals surface area (Å²) in [4.78, 5) is 3.25. The minimum atomic E-state index is 1.00. The molecule has 6 heteroatoms. The average molecular weight is 526 g/mol. The van der Waals surface area contributed by atoms with Crippen molar-refractivity contribution in [2.75, 3.05) is 28.4 Å². The summed E-state index contributed by atoms with van der Waals surface area (Å²) >= 11 is 3.75. The van der Waals surface area contributed by atoms with Gasteiger partial charge in [-0.3, -0.25) is 24.3 Å². The van der Waals surface area contributed by atoms with Gasteiger partial charge in [-0.1, -0.05) is 0 Å². The Labute approximate surface area is 226 Å². The van der Waals surface area contributed by atoms with Crippen molar-refractivity contribution < 1.29 is 60.4 Å². The van der Waals surface area contributed by atoms with E-state index in [1.165, 1.54) is 0 Å². The molecular formula is C27H42O4Ti2. The van der Waals surface area contributed by atoms with Crippen molar-refractivity contribution in [2.24, 2.45) is 0 Å². The zero-order valence-corrected chi connectivity index (χ0v) is 24.0. The molecule has 4 aliphatic rings. The van der Waals surface area contributed by atoms with Crippen LogP contribution >= 0.6 is 0 Å². The Hall–Kier alpha value is -1.07. The predicted molar refractivity (Wildman–Crippen MR) is 138 cm³/mol. The summed E-state index contributed by atoms with van der Waals surface area (Å²) in [5.74, 6) is 0. The van der Waals surface area contributed by atoms with Gasteiger partial charge in [-0.25, -0.2) is 48.6 Å². The quantitative estimate of drug-likeness (QED) is 0.285. The van der Waals surface area contributed by atoms with Crippen molar-refractivity contribution in [3.05, 3.63) is 97.2 Å². The topological polar surface area (TPSA) is 80.9 Å². The fourth-order valence-electron chi connectivity index (χ4n) is 1.36. The summed E-state index contributed by atoms with van der Waals surface area (Å²) in [5, 5.41) is 28.0. The van der Waals surface area contributed by atoms with Crippen LogP contribution in [-0.4, -0.2) is 58.0 Å². The zero-order valence-electron chi connectivity index (χ0n) is 20.8. The molecule has 0 aromatic rings. The minimum absolute atomic E-state index is 1.00. The fourth-order valence-corrected chi connectivity index (χ4v) is 1.36. The molecule has 0 radical (unpaired) electrons. The number of hydrogen-bond donors (Lipinski definition) is 4. The van der Waals surface area contributed by atoms with E-state index in [2.05, 4.69) is 53.4 Å². The van der Waals surface area contributed by atoms with Gasteiger partial charge in [0.05, 0.1) is 0 Å². The molecule has 0 bridgehead atoms. The van der Waals surface area contributed by atoms with Gasteiger partial charge in [-0.2, -0.15) is 24.3 Å². The number of aliphatic hydroxyl groups is 4. The third kappa shape index (κ3) is 72.2. The third-order valence-electron chi connectivity index (χ3n) is 2.34. The van der Waals surface area contributed by atoms with E-state index in [-0.39, 0.29) is 0 Å². The molecule has 4 rings (SSSR count). The molecule has 4 aliphatic carbocycles. The van der Waals surface area contributed by atoms with E-state index in [1.54, 1.807) is 20.0 Å². The van der Waals surface area contributed by atoms with Gasteiger partial charge < -0.3 is 20.4 Å². The molecule has 0 saturated carbocycles. The van der Waals surface area contributed by atoms with Crippen molar-refractivity contribution in [3.8, 4) is 0 Å². The second-order valence-corrected chi connectivity index (χ2v) is 5.20. The first-order chi connectivity index (χ1) is 16.4. The summed E-state index contributed by atoms with van der Waals surface area (Å²) in [5.41, 5.74) is 0. The van der Waals surface area contributed by atoms with Crippen LogP contribution in [0.1, 0.15) is 32.6 Å². The maximum absolute atomic E-state index is 7.00. The first kappa shape index (κ1) is 45.4. The van der Waals surface area contributed by atoms with Crippen molar-refractivity contribution in [1.29, 1.82) is 0 Å². The predicted octanol–water partition coefficient (Wildman–Crippen LogP) is 3.98. The van der Waals surface area contributed by atoms with Gasteiger partial charge in [0.15, 0.2) is 0 Å². The maximum atomic E-state index is 7.00. The average Bonchev–Trinajstić information content (AvgIpc) is 3.76. The van der Waals surface area contributed by atoms with Crippen LogP contribution < -0.4 is 0 Å². The van der Waals surface area contributed by atoms with Crippen LogP contribution in [0.3, 0.4) is 0 Å². The molecule has 182 valence electrons. The van der Waals surface area contributed by atoms with E-state index in [0.29, 0.717) is 0 Å². The van der Waals surface area contributed by atoms with Gasteiger partial charge in [0, 0.05) is 28.4 Å². The molecule has 0 heterocycles. The Morgan fingerprint density at radius 2 is 0.697 bits per heavy atom. The molecule has 4 N–H and O–H groups in total. The normalized spacial score (nSPS) is 12.0. The van der Waals surface area contributed by atoms with Crippen LogP contribution in [0.15, 0.2) is 72.9 Å². The molecule has 33 heavy (non-hydrogen) atoms. The van der Waals surface area contributed by atoms with Gasteiger partial charge in [-0.15, -0.1) is 25.7 Å². The molecule has 0 saturated heterocycles. The molecule has 0 aromatic heterocycles. The van der Waals surface area contributed by atoms with Gasteiger partial charge in [0.25, 0.3) is 0 Å². The number of hydrogen-bond acceptors (Lipinski definition) is 4. The molecule has 0 aromatic carbocycles. The van der Waals surface area contributed by atoms with E-state index < -0.39 is 0 Å². The summed E-state index contributed by atoms with van der Waals surface area (Å²) in [6.07, 6.45) is 40.0. The SMILES string of the molecule is CO.CO.CO.CO.C[CH]=[Ti+2].[C-]1=CC=CC1.[C-]1=CC=CC1.[C-]1=CC=CC1.[C-]1=CC=CC1.[CH2]=[Ti+2]. The molecule has 0 spiro atoms. The standard InChI is InChI=1S/4C5H5.C2H4.4CH4O.CH2.2Ti/c4*1-2-4-5-3-1;5*1-2;;;/h4*1-3H,4H2;1H,2H3;4*2H,1H3;1H2;;/q4*-1;;;;;;;2*+2. The van der Waals surface area contributed by atoms with Crippen molar-refractivity contribution in [2.45, 2.75) is 32.6 Å². The van der Waals surface area contributed by atoms with Crippen LogP contribution in [0.4, 0.5) is 0 Å². The Morgan fingerprint density at radius 3 is 0.727 bits per heavy atom. The van der Waals surface area contributed by atoms with Crippen molar-refractivity contribution in [1.82, 2.24) is 0 Å². The molecule has 0 amide bonds. The van der Waals surface area contributed by atoms with Crippen LogP contribution in [0.2, 0.25) is 0 Å². The Morgan fingerprint density at radius 1 is 0.545 bits per heavy atom. The van der Waals surface area contributed by atoms with Crippen molar-refractivity contribution >= 4 is 9.13 Å². The summed E-state index contributed by atoms with van der Waals surface area (Å²) < 4.78 is 2.00. The van der Waals surface area contributed by atoms with Gasteiger partial charge >= 0.3 is 56.0 Å². The summed E-state index contributed by atoms with van der Waals surface area (Å²) in [7, 11) is 4.00. The van der Waals surface area contributed by atoms with E-state index in [0.717, 1.165) is 54.1 Å². The molecular weight excluding hydrogens is 484 g/mol. The van der Waals surface area contributed by atoms with Crippen LogP contribution in [-0.2, 0) is 39.9 Å². The van der Waals surface area contributed by atoms with Gasteiger partial charge in [0.2, 0.25) is 0 Å². The number of allylic oxidation sites excluding steroid dienone is 16. The Balaban J connectivity index is -0.0000000636. The second-order valence-electron chi connectivity index (χ2n) is 4.30. The Bertz CT molecular complexity index is 402. The third-order valence-corrected chi connectivity index (χ3v) is 2.34. The monoisotopic (exact) mass is 526 g/mol. The van der Waals surface area contributed by atoms with E-state index >= 15 is 0 Å². The Kier molecular flexibility index (Phi) is 96.0. The van der Waals surface area contributed by atoms with Gasteiger partial charge in [0.1, 0.15) is 0 Å². The second kappa shape index (κ2) is 69.8. The molecule has 0 unspecified atom stereocenters. The van der Waals surface area contributed by atoms with E-state index in [4.69, 9.17) is 20.4 Å². The molecule has 0 fully saturated rings. The van der Waals surface area contributed by atoms with E-state index in [9.17, 15) is 0 Å². The van der Waals surface area contributed by atoms with Crippen LogP contribution in [0.25, 0.3) is 0 Å². The van der Waals surface area contributed by atoms with Crippen LogP contribution in [0.5, 0.6) is 0 Å². The molecule has 0 atom stereocenters. The van der Waals surface area contributed by atoms with Crippen molar-refractivity contribution in [3.63, 3.8) is 0 Å². The first-order valence-electron chi connectivity index (χ1n) is 9.88. The summed E-state index contributed by atoms with van der Waals surface area (Å²) in [6, 6.07) is 0. The van der Waals surface area contributed by atoms with Gasteiger partial charge in [-0.05, 0) is 0 Å².